The van der Waals surface area contributed by atoms with Gasteiger partial charge in [-0.2, -0.15) is 5.10 Å². The van der Waals surface area contributed by atoms with Gasteiger partial charge in [-0.3, -0.25) is 39.2 Å². The van der Waals surface area contributed by atoms with Crippen molar-refractivity contribution in [2.75, 3.05) is 49.9 Å². The number of imide groups is 2. The number of hydrogen-bond donors (Lipinski definition) is 2. The first-order chi connectivity index (χ1) is 28.3. The van der Waals surface area contributed by atoms with E-state index in [0.717, 1.165) is 109 Å². The second kappa shape index (κ2) is 14.6. The maximum absolute atomic E-state index is 13.3. The molecule has 1 atom stereocenters. The molecular formula is C43H44N10O5. The number of rotatable bonds is 8. The second-order valence-corrected chi connectivity index (χ2v) is 16.0. The summed E-state index contributed by atoms with van der Waals surface area (Å²) in [5.41, 5.74) is 10.5. The summed E-state index contributed by atoms with van der Waals surface area (Å²) in [6, 6.07) is 23.2. The summed E-state index contributed by atoms with van der Waals surface area (Å²) >= 11 is 0. The Hall–Kier alpha value is -6.19. The van der Waals surface area contributed by atoms with Crippen LogP contribution >= 0.6 is 0 Å². The molecule has 4 fully saturated rings. The number of nitrogens with two attached hydrogens (primary N) is 1. The Kier molecular flexibility index (Phi) is 9.13. The van der Waals surface area contributed by atoms with E-state index in [9.17, 15) is 19.2 Å². The van der Waals surface area contributed by atoms with Crippen molar-refractivity contribution in [2.24, 2.45) is 0 Å². The SMILES string of the molecule is Nc1ncnc2c1c(-c1ccc(Oc3ccccc3)cc1)nn2[C@H]1CC[C@H](N2CCN(C3CN(c4ccc5c(c4)C(=O)N([C@H]4CCC(=O)NC4=O)C5=O)C3)CC2)CC1. The third kappa shape index (κ3) is 6.43. The highest BCUT2D eigenvalue weighted by Crippen LogP contribution is 2.38. The van der Waals surface area contributed by atoms with Crippen LogP contribution in [0.2, 0.25) is 0 Å². The monoisotopic (exact) mass is 780 g/mol. The number of nitrogens with zero attached hydrogens (tertiary/aromatic N) is 8. The van der Waals surface area contributed by atoms with Gasteiger partial charge in [0.25, 0.3) is 11.8 Å². The summed E-state index contributed by atoms with van der Waals surface area (Å²) < 4.78 is 8.09. The molecule has 5 aromatic rings. The van der Waals surface area contributed by atoms with Gasteiger partial charge in [-0.25, -0.2) is 14.6 Å². The molecule has 1 aliphatic carbocycles. The van der Waals surface area contributed by atoms with E-state index in [0.29, 0.717) is 29.0 Å². The van der Waals surface area contributed by atoms with E-state index >= 15 is 0 Å². The van der Waals surface area contributed by atoms with Gasteiger partial charge in [-0.15, -0.1) is 0 Å². The smallest absolute Gasteiger partial charge is 0.262 e. The summed E-state index contributed by atoms with van der Waals surface area (Å²) in [6.45, 7) is 5.77. The summed E-state index contributed by atoms with van der Waals surface area (Å²) in [4.78, 5) is 68.0. The molecule has 3 N–H and O–H groups in total. The van der Waals surface area contributed by atoms with Crippen LogP contribution in [0.4, 0.5) is 11.5 Å². The van der Waals surface area contributed by atoms with Gasteiger partial charge in [0.1, 0.15) is 35.4 Å². The number of piperidine rings is 1. The first-order valence-electron chi connectivity index (χ1n) is 20.2. The number of para-hydroxylation sites is 1. The maximum Gasteiger partial charge on any atom is 0.262 e. The molecular weight excluding hydrogens is 737 g/mol. The molecule has 4 aliphatic heterocycles. The minimum atomic E-state index is -0.966. The van der Waals surface area contributed by atoms with Crippen LogP contribution in [0.5, 0.6) is 11.5 Å². The van der Waals surface area contributed by atoms with Crippen LogP contribution in [-0.2, 0) is 9.59 Å². The molecule has 3 saturated heterocycles. The molecule has 296 valence electrons. The Morgan fingerprint density at radius 2 is 1.38 bits per heavy atom. The van der Waals surface area contributed by atoms with Crippen molar-refractivity contribution in [2.45, 2.75) is 62.7 Å². The Morgan fingerprint density at radius 1 is 0.707 bits per heavy atom. The molecule has 0 unspecified atom stereocenters. The number of ether oxygens (including phenoxy) is 1. The van der Waals surface area contributed by atoms with Crippen LogP contribution in [0.3, 0.4) is 0 Å². The fourth-order valence-electron chi connectivity index (χ4n) is 9.45. The van der Waals surface area contributed by atoms with Crippen molar-refractivity contribution in [1.29, 1.82) is 0 Å². The normalized spacial score (nSPS) is 23.3. The van der Waals surface area contributed by atoms with E-state index in [1.165, 1.54) is 6.33 Å². The number of aromatic nitrogens is 4. The molecule has 58 heavy (non-hydrogen) atoms. The average Bonchev–Trinajstić information content (AvgIpc) is 3.74. The maximum atomic E-state index is 13.3. The summed E-state index contributed by atoms with van der Waals surface area (Å²) in [5, 5.41) is 8.16. The van der Waals surface area contributed by atoms with E-state index in [1.807, 2.05) is 60.7 Å². The quantitative estimate of drug-likeness (QED) is 0.215. The molecule has 0 radical (unpaired) electrons. The Labute approximate surface area is 334 Å². The van der Waals surface area contributed by atoms with Crippen molar-refractivity contribution in [3.05, 3.63) is 90.3 Å². The lowest BCUT2D eigenvalue weighted by molar-refractivity contribution is -0.136. The number of anilines is 2. The third-order valence-corrected chi connectivity index (χ3v) is 12.7. The van der Waals surface area contributed by atoms with Gasteiger partial charge >= 0.3 is 0 Å². The molecule has 5 aliphatic rings. The standard InChI is InChI=1S/C43H44N10O5/c44-39-37-38(26-6-13-32(14-7-26)58-31-4-2-1-3-5-31)48-53(40(37)46-25-45-39)28-10-8-27(9-11-28)49-18-20-50(21-19-49)30-23-51(24-30)29-12-15-33-34(22-29)43(57)52(42(33)56)35-16-17-36(54)47-41(35)55/h1-7,12-15,22,25,27-28,30,35H,8-11,16-21,23-24H2,(H2,44,45,46)(H,47,54,55)/t27-,28-,35-/m0/s1. The molecule has 0 bridgehead atoms. The number of benzene rings is 3. The fourth-order valence-corrected chi connectivity index (χ4v) is 9.45. The van der Waals surface area contributed by atoms with Crippen LogP contribution in [-0.4, -0.2) is 115 Å². The van der Waals surface area contributed by atoms with Crippen LogP contribution in [0.25, 0.3) is 22.3 Å². The topological polar surface area (TPSA) is 172 Å². The van der Waals surface area contributed by atoms with Gasteiger partial charge in [0.15, 0.2) is 5.65 Å². The molecule has 3 aromatic carbocycles. The van der Waals surface area contributed by atoms with E-state index < -0.39 is 23.8 Å². The molecule has 6 heterocycles. The van der Waals surface area contributed by atoms with Crippen LogP contribution in [0.1, 0.15) is 65.3 Å². The summed E-state index contributed by atoms with van der Waals surface area (Å²) in [7, 11) is 0. The first kappa shape index (κ1) is 36.2. The zero-order valence-corrected chi connectivity index (χ0v) is 32.0. The molecule has 4 amide bonds. The first-order valence-corrected chi connectivity index (χ1v) is 20.2. The Bertz CT molecular complexity index is 2420. The van der Waals surface area contributed by atoms with E-state index in [-0.39, 0.29) is 24.8 Å². The minimum Gasteiger partial charge on any atom is -0.457 e. The number of nitrogens with one attached hydrogen (secondary N) is 1. The van der Waals surface area contributed by atoms with Crippen molar-refractivity contribution in [1.82, 2.24) is 39.8 Å². The Balaban J connectivity index is 0.731. The zero-order valence-electron chi connectivity index (χ0n) is 32.0. The van der Waals surface area contributed by atoms with Crippen molar-refractivity contribution >= 4 is 46.2 Å². The molecule has 15 nitrogen and oxygen atoms in total. The zero-order chi connectivity index (χ0) is 39.5. The van der Waals surface area contributed by atoms with E-state index in [4.69, 9.17) is 15.6 Å². The largest absolute Gasteiger partial charge is 0.457 e. The lowest BCUT2D eigenvalue weighted by Crippen LogP contribution is -2.64. The van der Waals surface area contributed by atoms with Crippen LogP contribution in [0.15, 0.2) is 79.1 Å². The van der Waals surface area contributed by atoms with Crippen molar-refractivity contribution in [3.8, 4) is 22.8 Å². The average molecular weight is 781 g/mol. The highest BCUT2D eigenvalue weighted by Gasteiger charge is 2.45. The number of amides is 4. The lowest BCUT2D eigenvalue weighted by atomic mass is 9.89. The van der Waals surface area contributed by atoms with Crippen molar-refractivity contribution < 1.29 is 23.9 Å². The van der Waals surface area contributed by atoms with Gasteiger partial charge in [0.05, 0.1) is 22.6 Å². The second-order valence-electron chi connectivity index (χ2n) is 16.0. The number of carbonyl (C=O) groups is 4. The van der Waals surface area contributed by atoms with Crippen LogP contribution < -0.4 is 20.7 Å². The van der Waals surface area contributed by atoms with Gasteiger partial charge in [-0.05, 0) is 86.7 Å². The van der Waals surface area contributed by atoms with Gasteiger partial charge in [0, 0.05) is 69.0 Å². The highest BCUT2D eigenvalue weighted by atomic mass is 16.5. The predicted molar refractivity (Wildman–Crippen MR) is 215 cm³/mol. The molecule has 2 aromatic heterocycles. The number of fused-ring (bicyclic) bond motifs is 2. The highest BCUT2D eigenvalue weighted by molar-refractivity contribution is 6.23. The molecule has 15 heteroatoms. The fraction of sp³-hybridized carbons (Fsp3) is 0.372. The predicted octanol–water partition coefficient (Wildman–Crippen LogP) is 4.26. The molecule has 0 spiro atoms. The van der Waals surface area contributed by atoms with E-state index in [1.54, 1.807) is 12.1 Å². The van der Waals surface area contributed by atoms with E-state index in [2.05, 4.69) is 34.7 Å². The van der Waals surface area contributed by atoms with Gasteiger partial charge < -0.3 is 15.4 Å². The lowest BCUT2D eigenvalue weighted by Gasteiger charge is -2.50. The number of hydrogen-bond acceptors (Lipinski definition) is 12. The van der Waals surface area contributed by atoms with Gasteiger partial charge in [0.2, 0.25) is 11.8 Å². The Morgan fingerprint density at radius 3 is 2.10 bits per heavy atom. The van der Waals surface area contributed by atoms with Gasteiger partial charge in [-0.1, -0.05) is 18.2 Å². The molecule has 1 saturated carbocycles. The summed E-state index contributed by atoms with van der Waals surface area (Å²) in [5.74, 6) is 0.00636. The number of carbonyl (C=O) groups excluding carboxylic acids is 4. The number of nitrogen functional groups attached to an aromatic ring is 1. The third-order valence-electron chi connectivity index (χ3n) is 12.7. The molecule has 10 rings (SSSR count). The van der Waals surface area contributed by atoms with Crippen molar-refractivity contribution in [3.63, 3.8) is 0 Å². The minimum absolute atomic E-state index is 0.0979. The summed E-state index contributed by atoms with van der Waals surface area (Å²) in [6.07, 6.45) is 5.96. The number of piperazine rings is 1. The van der Waals surface area contributed by atoms with Crippen LogP contribution in [0, 0.1) is 0 Å².